The highest BCUT2D eigenvalue weighted by atomic mass is 16.2. The zero-order valence-electron chi connectivity index (χ0n) is 18.8. The second-order valence-electron chi connectivity index (χ2n) is 8.93. The molecule has 2 aromatic rings. The van der Waals surface area contributed by atoms with Crippen LogP contribution >= 0.6 is 0 Å². The summed E-state index contributed by atoms with van der Waals surface area (Å²) in [7, 11) is 0. The van der Waals surface area contributed by atoms with E-state index in [2.05, 4.69) is 69.4 Å². The van der Waals surface area contributed by atoms with Gasteiger partial charge in [0.1, 0.15) is 0 Å². The highest BCUT2D eigenvalue weighted by Gasteiger charge is 2.21. The van der Waals surface area contributed by atoms with Crippen molar-refractivity contribution in [3.05, 3.63) is 60.2 Å². The Morgan fingerprint density at radius 2 is 1.55 bits per heavy atom. The van der Waals surface area contributed by atoms with Crippen LogP contribution in [0.3, 0.4) is 0 Å². The summed E-state index contributed by atoms with van der Waals surface area (Å²) in [6.07, 6.45) is 3.49. The number of nitrogens with zero attached hydrogens (tertiary/aromatic N) is 3. The van der Waals surface area contributed by atoms with Crippen molar-refractivity contribution in [2.24, 2.45) is 5.92 Å². The first kappa shape index (κ1) is 21.8. The van der Waals surface area contributed by atoms with E-state index in [1.807, 2.05) is 12.1 Å². The monoisotopic (exact) mass is 420 g/mol. The fourth-order valence-electron chi connectivity index (χ4n) is 4.78. The molecular formula is C26H36N4O. The summed E-state index contributed by atoms with van der Waals surface area (Å²) in [5.41, 5.74) is 3.56. The van der Waals surface area contributed by atoms with Crippen molar-refractivity contribution in [1.82, 2.24) is 9.80 Å². The quantitative estimate of drug-likeness (QED) is 0.741. The Balaban J connectivity index is 1.19. The number of amides is 1. The van der Waals surface area contributed by atoms with E-state index in [4.69, 9.17) is 0 Å². The number of nitrogens with one attached hydrogen (secondary N) is 1. The van der Waals surface area contributed by atoms with Gasteiger partial charge in [0, 0.05) is 37.6 Å². The third kappa shape index (κ3) is 6.31. The molecule has 5 heteroatoms. The maximum Gasteiger partial charge on any atom is 0.238 e. The van der Waals surface area contributed by atoms with E-state index in [9.17, 15) is 4.79 Å². The Hall–Kier alpha value is -2.37. The zero-order chi connectivity index (χ0) is 21.5. The summed E-state index contributed by atoms with van der Waals surface area (Å²) >= 11 is 0. The second kappa shape index (κ2) is 10.8. The van der Waals surface area contributed by atoms with Crippen molar-refractivity contribution in [3.63, 3.8) is 0 Å². The Kier molecular flexibility index (Phi) is 7.60. The van der Waals surface area contributed by atoms with Gasteiger partial charge >= 0.3 is 0 Å². The molecule has 0 atom stereocenters. The van der Waals surface area contributed by atoms with Crippen molar-refractivity contribution in [2.45, 2.75) is 26.2 Å². The summed E-state index contributed by atoms with van der Waals surface area (Å²) in [6, 6.07) is 19.1. The van der Waals surface area contributed by atoms with Crippen molar-refractivity contribution >= 4 is 17.3 Å². The van der Waals surface area contributed by atoms with Crippen LogP contribution in [0.4, 0.5) is 11.4 Å². The van der Waals surface area contributed by atoms with Gasteiger partial charge < -0.3 is 15.1 Å². The minimum Gasteiger partial charge on any atom is -0.369 e. The van der Waals surface area contributed by atoms with Gasteiger partial charge in [-0.05, 0) is 74.6 Å². The van der Waals surface area contributed by atoms with E-state index in [0.717, 1.165) is 63.8 Å². The lowest BCUT2D eigenvalue weighted by Crippen LogP contribution is -2.46. The van der Waals surface area contributed by atoms with Crippen LogP contribution in [-0.2, 0) is 11.2 Å². The molecule has 2 aliphatic rings. The van der Waals surface area contributed by atoms with Gasteiger partial charge in [-0.2, -0.15) is 0 Å². The third-order valence-electron chi connectivity index (χ3n) is 6.78. The van der Waals surface area contributed by atoms with Gasteiger partial charge in [-0.3, -0.25) is 9.69 Å². The van der Waals surface area contributed by atoms with Crippen LogP contribution < -0.4 is 10.2 Å². The summed E-state index contributed by atoms with van der Waals surface area (Å²) in [5.74, 6) is 0.819. The molecule has 0 aliphatic carbocycles. The van der Waals surface area contributed by atoms with E-state index in [-0.39, 0.29) is 5.91 Å². The summed E-state index contributed by atoms with van der Waals surface area (Å²) in [6.45, 7) is 10.2. The number of likely N-dealkylation sites (N-methyl/N-ethyl adjacent to an activating group) is 1. The number of likely N-dealkylation sites (tertiary alicyclic amines) is 1. The smallest absolute Gasteiger partial charge is 0.238 e. The first-order chi connectivity index (χ1) is 15.2. The molecule has 31 heavy (non-hydrogen) atoms. The number of benzene rings is 2. The minimum atomic E-state index is 0.0887. The molecule has 2 heterocycles. The van der Waals surface area contributed by atoms with Crippen LogP contribution in [0.1, 0.15) is 25.3 Å². The van der Waals surface area contributed by atoms with Crippen molar-refractivity contribution in [2.75, 3.05) is 62.6 Å². The van der Waals surface area contributed by atoms with E-state index in [0.29, 0.717) is 6.54 Å². The van der Waals surface area contributed by atoms with Crippen LogP contribution in [0.15, 0.2) is 54.6 Å². The normalized spacial score (nSPS) is 18.8. The summed E-state index contributed by atoms with van der Waals surface area (Å²) < 4.78 is 0. The lowest BCUT2D eigenvalue weighted by molar-refractivity contribution is -0.117. The Bertz CT molecular complexity index is 807. The van der Waals surface area contributed by atoms with Gasteiger partial charge in [-0.1, -0.05) is 37.3 Å². The van der Waals surface area contributed by atoms with Crippen LogP contribution in [0.25, 0.3) is 0 Å². The lowest BCUT2D eigenvalue weighted by Gasteiger charge is -2.35. The summed E-state index contributed by atoms with van der Waals surface area (Å²) in [4.78, 5) is 19.7. The number of anilines is 2. The number of hydrogen-bond acceptors (Lipinski definition) is 4. The number of hydrogen-bond donors (Lipinski definition) is 1. The molecule has 1 N–H and O–H groups in total. The topological polar surface area (TPSA) is 38.8 Å². The second-order valence-corrected chi connectivity index (χ2v) is 8.93. The van der Waals surface area contributed by atoms with Crippen LogP contribution in [0.2, 0.25) is 0 Å². The third-order valence-corrected chi connectivity index (χ3v) is 6.78. The highest BCUT2D eigenvalue weighted by Crippen LogP contribution is 2.22. The predicted molar refractivity (Wildman–Crippen MR) is 129 cm³/mol. The standard InChI is InChI=1S/C26H36N4O/c1-2-28-16-18-30(19-17-28)25-10-8-24(9-11-25)27-26(31)21-29-14-12-23(13-15-29)20-22-6-4-3-5-7-22/h3-11,23H,2,12-21H2,1H3,(H,27,31). The Morgan fingerprint density at radius 3 is 2.19 bits per heavy atom. The van der Waals surface area contributed by atoms with E-state index >= 15 is 0 Å². The molecule has 0 radical (unpaired) electrons. The fraction of sp³-hybridized carbons (Fsp3) is 0.500. The Morgan fingerprint density at radius 1 is 0.871 bits per heavy atom. The predicted octanol–water partition coefficient (Wildman–Crippen LogP) is 3.72. The Labute approximate surface area is 187 Å². The lowest BCUT2D eigenvalue weighted by atomic mass is 9.90. The number of carbonyl (C=O) groups is 1. The zero-order valence-corrected chi connectivity index (χ0v) is 18.8. The molecule has 2 aromatic carbocycles. The molecule has 0 unspecified atom stereocenters. The van der Waals surface area contributed by atoms with Crippen molar-refractivity contribution in [1.29, 1.82) is 0 Å². The minimum absolute atomic E-state index is 0.0887. The maximum absolute atomic E-state index is 12.5. The number of piperidine rings is 1. The SMILES string of the molecule is CCN1CCN(c2ccc(NC(=O)CN3CCC(Cc4ccccc4)CC3)cc2)CC1. The first-order valence-electron chi connectivity index (χ1n) is 11.8. The number of piperazine rings is 1. The molecule has 166 valence electrons. The van der Waals surface area contributed by atoms with Crippen molar-refractivity contribution < 1.29 is 4.79 Å². The molecule has 0 saturated carbocycles. The molecule has 2 fully saturated rings. The van der Waals surface area contributed by atoms with Crippen molar-refractivity contribution in [3.8, 4) is 0 Å². The van der Waals surface area contributed by atoms with Gasteiger partial charge in [-0.15, -0.1) is 0 Å². The molecule has 5 nitrogen and oxygen atoms in total. The largest absolute Gasteiger partial charge is 0.369 e. The number of rotatable bonds is 7. The maximum atomic E-state index is 12.5. The molecule has 2 aliphatic heterocycles. The van der Waals surface area contributed by atoms with Gasteiger partial charge in [0.15, 0.2) is 0 Å². The van der Waals surface area contributed by atoms with E-state index in [1.165, 1.54) is 24.1 Å². The van der Waals surface area contributed by atoms with Crippen LogP contribution in [0.5, 0.6) is 0 Å². The average molecular weight is 421 g/mol. The molecular weight excluding hydrogens is 384 g/mol. The number of carbonyl (C=O) groups excluding carboxylic acids is 1. The first-order valence-corrected chi connectivity index (χ1v) is 11.8. The van der Waals surface area contributed by atoms with Gasteiger partial charge in [0.05, 0.1) is 6.54 Å². The van der Waals surface area contributed by atoms with E-state index in [1.54, 1.807) is 0 Å². The summed E-state index contributed by atoms with van der Waals surface area (Å²) in [5, 5.41) is 3.08. The van der Waals surface area contributed by atoms with Gasteiger partial charge in [0.25, 0.3) is 0 Å². The molecule has 0 aromatic heterocycles. The fourth-order valence-corrected chi connectivity index (χ4v) is 4.78. The van der Waals surface area contributed by atoms with Gasteiger partial charge in [-0.25, -0.2) is 0 Å². The van der Waals surface area contributed by atoms with Crippen LogP contribution in [-0.4, -0.2) is 68.1 Å². The van der Waals surface area contributed by atoms with Crippen LogP contribution in [0, 0.1) is 5.92 Å². The molecule has 4 rings (SSSR count). The highest BCUT2D eigenvalue weighted by molar-refractivity contribution is 5.92. The molecule has 2 saturated heterocycles. The molecule has 1 amide bonds. The molecule has 0 bridgehead atoms. The average Bonchev–Trinajstić information content (AvgIpc) is 2.82. The molecule has 0 spiro atoms. The van der Waals surface area contributed by atoms with E-state index < -0.39 is 0 Å². The van der Waals surface area contributed by atoms with Gasteiger partial charge in [0.2, 0.25) is 5.91 Å².